The Morgan fingerprint density at radius 3 is 2.65 bits per heavy atom. The molecule has 0 saturated carbocycles. The van der Waals surface area contributed by atoms with Crippen LogP contribution in [0.1, 0.15) is 11.1 Å². The molecule has 3 aromatic carbocycles. The van der Waals surface area contributed by atoms with Gasteiger partial charge in [-0.05, 0) is 47.5 Å². The topological polar surface area (TPSA) is 82.5 Å². The highest BCUT2D eigenvalue weighted by molar-refractivity contribution is 7.99. The first-order chi connectivity index (χ1) is 16.6. The summed E-state index contributed by atoms with van der Waals surface area (Å²) in [6.45, 7) is 0.752. The Hall–Kier alpha value is -3.85. The van der Waals surface area contributed by atoms with Crippen molar-refractivity contribution >= 4 is 28.6 Å². The zero-order chi connectivity index (χ0) is 23.5. The number of rotatable bonds is 7. The van der Waals surface area contributed by atoms with Crippen molar-refractivity contribution in [2.45, 2.75) is 18.2 Å². The molecular formula is C25H20FN3O4S. The molecule has 9 heteroatoms. The van der Waals surface area contributed by atoms with E-state index >= 15 is 0 Å². The molecule has 0 saturated heterocycles. The number of para-hydroxylation sites is 1. The summed E-state index contributed by atoms with van der Waals surface area (Å²) in [5.74, 6) is 0.886. The molecule has 0 aliphatic carbocycles. The van der Waals surface area contributed by atoms with Crippen LogP contribution in [-0.2, 0) is 17.9 Å². The maximum Gasteiger partial charge on any atom is 0.262 e. The maximum atomic E-state index is 13.3. The third kappa shape index (κ3) is 4.74. The quantitative estimate of drug-likeness (QED) is 0.323. The number of halogens is 1. The van der Waals surface area contributed by atoms with E-state index in [1.807, 2.05) is 24.3 Å². The van der Waals surface area contributed by atoms with Gasteiger partial charge in [0.25, 0.3) is 5.56 Å². The molecule has 2 heterocycles. The summed E-state index contributed by atoms with van der Waals surface area (Å²) in [6, 6.07) is 18.6. The van der Waals surface area contributed by atoms with E-state index < -0.39 is 0 Å². The normalized spacial score (nSPS) is 12.1. The highest BCUT2D eigenvalue weighted by Crippen LogP contribution is 2.32. The van der Waals surface area contributed by atoms with Crippen LogP contribution < -0.4 is 20.3 Å². The minimum Gasteiger partial charge on any atom is -0.454 e. The Kier molecular flexibility index (Phi) is 6.18. The van der Waals surface area contributed by atoms with Crippen LogP contribution in [0.3, 0.4) is 0 Å². The summed E-state index contributed by atoms with van der Waals surface area (Å²) in [4.78, 5) is 30.3. The Bertz CT molecular complexity index is 1420. The first kappa shape index (κ1) is 22.0. The SMILES string of the molecule is O=C(CSc1nc2ccccc2c(=O)n1Cc1ccc(F)cc1)NCc1ccc2c(c1)OCO2. The van der Waals surface area contributed by atoms with Crippen molar-refractivity contribution in [3.63, 3.8) is 0 Å². The zero-order valence-corrected chi connectivity index (χ0v) is 18.8. The zero-order valence-electron chi connectivity index (χ0n) is 18.0. The van der Waals surface area contributed by atoms with Crippen LogP contribution in [0.5, 0.6) is 11.5 Å². The lowest BCUT2D eigenvalue weighted by Crippen LogP contribution is -2.27. The fourth-order valence-electron chi connectivity index (χ4n) is 3.60. The minimum atomic E-state index is -0.346. The molecule has 1 aromatic heterocycles. The van der Waals surface area contributed by atoms with Crippen LogP contribution >= 0.6 is 11.8 Å². The molecule has 0 spiro atoms. The Labute approximate surface area is 198 Å². The summed E-state index contributed by atoms with van der Waals surface area (Å²) in [6.07, 6.45) is 0. The Morgan fingerprint density at radius 2 is 1.79 bits per heavy atom. The summed E-state index contributed by atoms with van der Waals surface area (Å²) in [5.41, 5.74) is 2.00. The molecule has 0 unspecified atom stereocenters. The predicted molar refractivity (Wildman–Crippen MR) is 127 cm³/mol. The average molecular weight is 478 g/mol. The van der Waals surface area contributed by atoms with E-state index in [4.69, 9.17) is 9.47 Å². The third-order valence-corrected chi connectivity index (χ3v) is 6.32. The lowest BCUT2D eigenvalue weighted by atomic mass is 10.2. The van der Waals surface area contributed by atoms with E-state index in [0.717, 1.165) is 11.1 Å². The van der Waals surface area contributed by atoms with Gasteiger partial charge in [-0.1, -0.05) is 42.1 Å². The van der Waals surface area contributed by atoms with Crippen molar-refractivity contribution < 1.29 is 18.7 Å². The van der Waals surface area contributed by atoms with E-state index in [9.17, 15) is 14.0 Å². The highest BCUT2D eigenvalue weighted by atomic mass is 32.2. The number of aromatic nitrogens is 2. The Morgan fingerprint density at radius 1 is 1.03 bits per heavy atom. The van der Waals surface area contributed by atoms with Crippen molar-refractivity contribution in [2.24, 2.45) is 0 Å². The van der Waals surface area contributed by atoms with Crippen LogP contribution in [0.15, 0.2) is 76.7 Å². The van der Waals surface area contributed by atoms with E-state index in [2.05, 4.69) is 10.3 Å². The minimum absolute atomic E-state index is 0.0821. The molecule has 5 rings (SSSR count). The van der Waals surface area contributed by atoms with E-state index in [1.54, 1.807) is 30.3 Å². The average Bonchev–Trinajstić information content (AvgIpc) is 3.32. The number of hydrogen-bond donors (Lipinski definition) is 1. The Balaban J connectivity index is 1.32. The predicted octanol–water partition coefficient (Wildman–Crippen LogP) is 3.72. The number of carbonyl (C=O) groups is 1. The van der Waals surface area contributed by atoms with E-state index in [-0.39, 0.29) is 36.4 Å². The van der Waals surface area contributed by atoms with Crippen LogP contribution in [0, 0.1) is 5.82 Å². The fraction of sp³-hybridized carbons (Fsp3) is 0.160. The van der Waals surface area contributed by atoms with Crippen LogP contribution in [0.4, 0.5) is 4.39 Å². The lowest BCUT2D eigenvalue weighted by Gasteiger charge is -2.13. The van der Waals surface area contributed by atoms with Crippen molar-refractivity contribution in [3.8, 4) is 11.5 Å². The molecule has 7 nitrogen and oxygen atoms in total. The summed E-state index contributed by atoms with van der Waals surface area (Å²) < 4.78 is 25.5. The summed E-state index contributed by atoms with van der Waals surface area (Å²) >= 11 is 1.18. The fourth-order valence-corrected chi connectivity index (χ4v) is 4.43. The monoisotopic (exact) mass is 477 g/mol. The standard InChI is InChI=1S/C25H20FN3O4S/c26-18-8-5-16(6-9-18)13-29-24(31)19-3-1-2-4-20(19)28-25(29)34-14-23(30)27-12-17-7-10-21-22(11-17)33-15-32-21/h1-11H,12-15H2,(H,27,30). The third-order valence-electron chi connectivity index (χ3n) is 5.34. The van der Waals surface area contributed by atoms with Crippen LogP contribution in [0.25, 0.3) is 10.9 Å². The number of nitrogens with zero attached hydrogens (tertiary/aromatic N) is 2. The second-order valence-electron chi connectivity index (χ2n) is 7.68. The molecule has 1 aliphatic rings. The van der Waals surface area contributed by atoms with E-state index in [0.29, 0.717) is 34.1 Å². The van der Waals surface area contributed by atoms with Crippen molar-refractivity contribution in [1.82, 2.24) is 14.9 Å². The number of thioether (sulfide) groups is 1. The summed E-state index contributed by atoms with van der Waals surface area (Å²) in [7, 11) is 0. The highest BCUT2D eigenvalue weighted by Gasteiger charge is 2.15. The number of nitrogens with one attached hydrogen (secondary N) is 1. The molecule has 0 bridgehead atoms. The van der Waals surface area contributed by atoms with Gasteiger partial charge in [-0.3, -0.25) is 14.2 Å². The second kappa shape index (κ2) is 9.56. The van der Waals surface area contributed by atoms with Gasteiger partial charge in [-0.15, -0.1) is 0 Å². The molecule has 1 amide bonds. The molecule has 34 heavy (non-hydrogen) atoms. The largest absolute Gasteiger partial charge is 0.454 e. The van der Waals surface area contributed by atoms with E-state index in [1.165, 1.54) is 28.5 Å². The number of ether oxygens (including phenoxy) is 2. The van der Waals surface area contributed by atoms with Crippen LogP contribution in [0.2, 0.25) is 0 Å². The number of hydrogen-bond acceptors (Lipinski definition) is 6. The van der Waals surface area contributed by atoms with Crippen molar-refractivity contribution in [3.05, 3.63) is 94.0 Å². The van der Waals surface area contributed by atoms with Crippen molar-refractivity contribution in [2.75, 3.05) is 12.5 Å². The number of amides is 1. The maximum absolute atomic E-state index is 13.3. The van der Waals surface area contributed by atoms with Crippen molar-refractivity contribution in [1.29, 1.82) is 0 Å². The molecule has 0 radical (unpaired) electrons. The molecule has 0 fully saturated rings. The lowest BCUT2D eigenvalue weighted by molar-refractivity contribution is -0.118. The first-order valence-corrected chi connectivity index (χ1v) is 11.6. The van der Waals surface area contributed by atoms with Gasteiger partial charge in [0.2, 0.25) is 12.7 Å². The number of carbonyl (C=O) groups excluding carboxylic acids is 1. The van der Waals surface area contributed by atoms with Gasteiger partial charge < -0.3 is 14.8 Å². The molecule has 1 aliphatic heterocycles. The second-order valence-corrected chi connectivity index (χ2v) is 8.62. The smallest absolute Gasteiger partial charge is 0.262 e. The number of fused-ring (bicyclic) bond motifs is 2. The van der Waals surface area contributed by atoms with Gasteiger partial charge in [0.15, 0.2) is 16.7 Å². The molecule has 172 valence electrons. The van der Waals surface area contributed by atoms with Gasteiger partial charge in [-0.25, -0.2) is 9.37 Å². The molecule has 0 atom stereocenters. The van der Waals surface area contributed by atoms with Gasteiger partial charge in [0.1, 0.15) is 5.82 Å². The molecular weight excluding hydrogens is 457 g/mol. The number of benzene rings is 3. The van der Waals surface area contributed by atoms with Gasteiger partial charge in [0, 0.05) is 6.54 Å². The first-order valence-electron chi connectivity index (χ1n) is 10.6. The summed E-state index contributed by atoms with van der Waals surface area (Å²) in [5, 5.41) is 3.78. The molecule has 1 N–H and O–H groups in total. The van der Waals surface area contributed by atoms with Gasteiger partial charge in [-0.2, -0.15) is 0 Å². The van der Waals surface area contributed by atoms with Gasteiger partial charge >= 0.3 is 0 Å². The molecule has 4 aromatic rings. The van der Waals surface area contributed by atoms with Crippen LogP contribution in [-0.4, -0.2) is 28.0 Å². The van der Waals surface area contributed by atoms with Gasteiger partial charge in [0.05, 0.1) is 23.2 Å².